The second-order valence-electron chi connectivity index (χ2n) is 8.22. The number of rotatable bonds is 4. The molecular weight excluding hydrogens is 414 g/mol. The first kappa shape index (κ1) is 21.5. The van der Waals surface area contributed by atoms with E-state index in [1.807, 2.05) is 60.4 Å². The summed E-state index contributed by atoms with van der Waals surface area (Å²) in [5, 5.41) is 3.75. The van der Waals surface area contributed by atoms with Gasteiger partial charge in [-0.2, -0.15) is 0 Å². The topological polar surface area (TPSA) is 61.9 Å². The van der Waals surface area contributed by atoms with Crippen molar-refractivity contribution in [3.8, 4) is 5.75 Å². The molecule has 0 spiro atoms. The molecule has 2 aliphatic heterocycles. The van der Waals surface area contributed by atoms with Gasteiger partial charge in [-0.05, 0) is 56.0 Å². The third kappa shape index (κ3) is 5.13. The standard InChI is InChI=1S/C24H28ClN3O3/c1-17-16-28(21-4-2-3-5-22(21)31-17)24(30)27-14-11-19(12-15-27)23(29)26-13-10-18-6-8-20(25)9-7-18/h2-9,17,19H,10-16H2,1H3,(H,26,29)/t17-/m1/s1. The van der Waals surface area contributed by atoms with E-state index in [4.69, 9.17) is 16.3 Å². The van der Waals surface area contributed by atoms with Gasteiger partial charge in [0, 0.05) is 30.6 Å². The lowest BCUT2D eigenvalue weighted by Gasteiger charge is -2.39. The highest BCUT2D eigenvalue weighted by atomic mass is 35.5. The smallest absolute Gasteiger partial charge is 0.324 e. The molecule has 0 aromatic heterocycles. The number of nitrogens with one attached hydrogen (secondary N) is 1. The van der Waals surface area contributed by atoms with Crippen molar-refractivity contribution < 1.29 is 14.3 Å². The number of carbonyl (C=O) groups excluding carboxylic acids is 2. The second kappa shape index (κ2) is 9.60. The second-order valence-corrected chi connectivity index (χ2v) is 8.65. The number of amides is 3. The third-order valence-electron chi connectivity index (χ3n) is 5.92. The fourth-order valence-electron chi connectivity index (χ4n) is 4.20. The predicted octanol–water partition coefficient (Wildman–Crippen LogP) is 4.12. The van der Waals surface area contributed by atoms with Gasteiger partial charge < -0.3 is 15.0 Å². The number of urea groups is 1. The molecule has 1 saturated heterocycles. The molecule has 0 unspecified atom stereocenters. The maximum Gasteiger partial charge on any atom is 0.324 e. The molecule has 7 heteroatoms. The normalized spacial score (nSPS) is 18.8. The number of likely N-dealkylation sites (tertiary alicyclic amines) is 1. The number of para-hydroxylation sites is 2. The minimum Gasteiger partial charge on any atom is -0.487 e. The molecular formula is C24H28ClN3O3. The number of benzene rings is 2. The first-order valence-electron chi connectivity index (χ1n) is 10.9. The summed E-state index contributed by atoms with van der Waals surface area (Å²) in [4.78, 5) is 29.4. The summed E-state index contributed by atoms with van der Waals surface area (Å²) in [6.45, 7) is 4.27. The van der Waals surface area contributed by atoms with Crippen molar-refractivity contribution in [1.82, 2.24) is 10.2 Å². The molecule has 1 atom stereocenters. The minimum absolute atomic E-state index is 0.0100. The van der Waals surface area contributed by atoms with Gasteiger partial charge in [0.15, 0.2) is 0 Å². The Kier molecular flexibility index (Phi) is 6.66. The molecule has 3 amide bonds. The molecule has 1 fully saturated rings. The van der Waals surface area contributed by atoms with E-state index in [-0.39, 0.29) is 24.0 Å². The lowest BCUT2D eigenvalue weighted by Crippen LogP contribution is -2.52. The van der Waals surface area contributed by atoms with E-state index in [0.717, 1.165) is 23.4 Å². The SMILES string of the molecule is C[C@@H]1CN(C(=O)N2CCC(C(=O)NCCc3ccc(Cl)cc3)CC2)c2ccccc2O1. The minimum atomic E-state index is -0.0530. The number of halogens is 1. The number of piperidine rings is 1. The summed E-state index contributed by atoms with van der Waals surface area (Å²) in [7, 11) is 0. The van der Waals surface area contributed by atoms with Gasteiger partial charge in [0.2, 0.25) is 5.91 Å². The number of carbonyl (C=O) groups is 2. The first-order chi connectivity index (χ1) is 15.0. The van der Waals surface area contributed by atoms with Crippen molar-refractivity contribution in [1.29, 1.82) is 0 Å². The van der Waals surface area contributed by atoms with E-state index >= 15 is 0 Å². The Morgan fingerprint density at radius 3 is 2.55 bits per heavy atom. The molecule has 164 valence electrons. The zero-order chi connectivity index (χ0) is 21.8. The fraction of sp³-hybridized carbons (Fsp3) is 0.417. The van der Waals surface area contributed by atoms with Gasteiger partial charge in [-0.1, -0.05) is 35.9 Å². The van der Waals surface area contributed by atoms with Crippen LogP contribution in [0.3, 0.4) is 0 Å². The summed E-state index contributed by atoms with van der Waals surface area (Å²) in [6, 6.07) is 15.3. The van der Waals surface area contributed by atoms with E-state index in [0.29, 0.717) is 44.0 Å². The van der Waals surface area contributed by atoms with E-state index < -0.39 is 0 Å². The van der Waals surface area contributed by atoms with Gasteiger partial charge in [-0.3, -0.25) is 9.69 Å². The highest BCUT2D eigenvalue weighted by molar-refractivity contribution is 6.30. The van der Waals surface area contributed by atoms with Crippen molar-refractivity contribution in [3.05, 3.63) is 59.1 Å². The number of hydrogen-bond acceptors (Lipinski definition) is 3. The van der Waals surface area contributed by atoms with Crippen LogP contribution in [0.4, 0.5) is 10.5 Å². The van der Waals surface area contributed by atoms with Crippen LogP contribution in [0.1, 0.15) is 25.3 Å². The maximum atomic E-state index is 13.2. The van der Waals surface area contributed by atoms with Crippen LogP contribution in [0, 0.1) is 5.92 Å². The molecule has 2 aromatic rings. The monoisotopic (exact) mass is 441 g/mol. The van der Waals surface area contributed by atoms with E-state index in [2.05, 4.69) is 5.32 Å². The van der Waals surface area contributed by atoms with Crippen LogP contribution in [-0.4, -0.2) is 49.1 Å². The first-order valence-corrected chi connectivity index (χ1v) is 11.2. The molecule has 0 aliphatic carbocycles. The van der Waals surface area contributed by atoms with Gasteiger partial charge >= 0.3 is 6.03 Å². The van der Waals surface area contributed by atoms with Crippen LogP contribution in [0.5, 0.6) is 5.75 Å². The van der Waals surface area contributed by atoms with Gasteiger partial charge in [-0.25, -0.2) is 4.79 Å². The average molecular weight is 442 g/mol. The van der Waals surface area contributed by atoms with Crippen molar-refractivity contribution >= 4 is 29.2 Å². The number of ether oxygens (including phenoxy) is 1. The molecule has 1 N–H and O–H groups in total. The third-order valence-corrected chi connectivity index (χ3v) is 6.17. The lowest BCUT2D eigenvalue weighted by atomic mass is 9.96. The Balaban J connectivity index is 1.27. The molecule has 0 saturated carbocycles. The summed E-state index contributed by atoms with van der Waals surface area (Å²) >= 11 is 5.91. The highest BCUT2D eigenvalue weighted by Gasteiger charge is 2.33. The number of hydrogen-bond donors (Lipinski definition) is 1. The van der Waals surface area contributed by atoms with E-state index in [1.165, 1.54) is 0 Å². The van der Waals surface area contributed by atoms with Crippen molar-refractivity contribution in [2.45, 2.75) is 32.3 Å². The molecule has 0 bridgehead atoms. The Bertz CT molecular complexity index is 926. The number of nitrogens with zero attached hydrogens (tertiary/aromatic N) is 2. The van der Waals surface area contributed by atoms with Crippen LogP contribution < -0.4 is 15.0 Å². The van der Waals surface area contributed by atoms with Gasteiger partial charge in [-0.15, -0.1) is 0 Å². The predicted molar refractivity (Wildman–Crippen MR) is 122 cm³/mol. The fourth-order valence-corrected chi connectivity index (χ4v) is 4.33. The van der Waals surface area contributed by atoms with Gasteiger partial charge in [0.1, 0.15) is 11.9 Å². The number of anilines is 1. The van der Waals surface area contributed by atoms with Crippen LogP contribution in [-0.2, 0) is 11.2 Å². The largest absolute Gasteiger partial charge is 0.487 e. The molecule has 2 aliphatic rings. The summed E-state index contributed by atoms with van der Waals surface area (Å²) in [5.41, 5.74) is 1.96. The molecule has 6 nitrogen and oxygen atoms in total. The van der Waals surface area contributed by atoms with Crippen molar-refractivity contribution in [2.75, 3.05) is 31.1 Å². The average Bonchev–Trinajstić information content (AvgIpc) is 2.79. The zero-order valence-electron chi connectivity index (χ0n) is 17.7. The number of fused-ring (bicyclic) bond motifs is 1. The molecule has 4 rings (SSSR count). The Morgan fingerprint density at radius 2 is 1.81 bits per heavy atom. The van der Waals surface area contributed by atoms with Crippen LogP contribution in [0.15, 0.2) is 48.5 Å². The Morgan fingerprint density at radius 1 is 1.10 bits per heavy atom. The van der Waals surface area contributed by atoms with Crippen LogP contribution in [0.25, 0.3) is 0 Å². The summed E-state index contributed by atoms with van der Waals surface area (Å²) < 4.78 is 5.85. The maximum absolute atomic E-state index is 13.2. The molecule has 0 radical (unpaired) electrons. The van der Waals surface area contributed by atoms with Crippen LogP contribution >= 0.6 is 11.6 Å². The van der Waals surface area contributed by atoms with Crippen molar-refractivity contribution in [2.24, 2.45) is 5.92 Å². The van der Waals surface area contributed by atoms with Crippen molar-refractivity contribution in [3.63, 3.8) is 0 Å². The Labute approximate surface area is 188 Å². The lowest BCUT2D eigenvalue weighted by molar-refractivity contribution is -0.126. The highest BCUT2D eigenvalue weighted by Crippen LogP contribution is 2.34. The molecule has 2 heterocycles. The molecule has 2 aromatic carbocycles. The van der Waals surface area contributed by atoms with Crippen LogP contribution in [0.2, 0.25) is 5.02 Å². The van der Waals surface area contributed by atoms with Gasteiger partial charge in [0.05, 0.1) is 12.2 Å². The summed E-state index contributed by atoms with van der Waals surface area (Å²) in [6.07, 6.45) is 2.08. The van der Waals surface area contributed by atoms with E-state index in [9.17, 15) is 9.59 Å². The van der Waals surface area contributed by atoms with E-state index in [1.54, 1.807) is 4.90 Å². The Hall–Kier alpha value is -2.73. The summed E-state index contributed by atoms with van der Waals surface area (Å²) in [5.74, 6) is 0.765. The quantitative estimate of drug-likeness (QED) is 0.776. The zero-order valence-corrected chi connectivity index (χ0v) is 18.5. The van der Waals surface area contributed by atoms with Gasteiger partial charge in [0.25, 0.3) is 0 Å². The molecule has 31 heavy (non-hydrogen) atoms.